The minimum atomic E-state index is -4.12. The van der Waals surface area contributed by atoms with Crippen molar-refractivity contribution >= 4 is 37.7 Å². The highest BCUT2D eigenvalue weighted by atomic mass is 35.5. The maximum atomic E-state index is 11.3. The van der Waals surface area contributed by atoms with Crippen LogP contribution in [0.15, 0.2) is 0 Å². The zero-order valence-corrected chi connectivity index (χ0v) is 11.0. The molecule has 0 fully saturated rings. The Labute approximate surface area is 99.0 Å². The Hall–Kier alpha value is -0.580. The van der Waals surface area contributed by atoms with Gasteiger partial charge in [0, 0.05) is 12.4 Å². The number of hydrogen-bond donors (Lipinski definition) is 1. The predicted molar refractivity (Wildman–Crippen MR) is 58.5 cm³/mol. The first-order valence-electron chi connectivity index (χ1n) is 3.85. The van der Waals surface area contributed by atoms with E-state index in [2.05, 4.69) is 0 Å². The molecule has 0 aromatic rings. The standard InChI is InChI=1S/C5H12ClN3O5S2/c1-15(11,12)8(4-3-6)9(5(7)10)16(2,13)14/h3-4H2,1-2H3,(H2,7,10). The normalized spacial score (nSPS) is 12.8. The highest BCUT2D eigenvalue weighted by molar-refractivity contribution is 7.91. The number of primary amides is 1. The van der Waals surface area contributed by atoms with Crippen LogP contribution in [0.5, 0.6) is 0 Å². The van der Waals surface area contributed by atoms with Gasteiger partial charge in [-0.25, -0.2) is 21.6 Å². The largest absolute Gasteiger partial charge is 0.349 e. The molecule has 8 nitrogen and oxygen atoms in total. The molecule has 0 heterocycles. The average molecular weight is 294 g/mol. The van der Waals surface area contributed by atoms with Gasteiger partial charge in [0.2, 0.25) is 10.0 Å². The van der Waals surface area contributed by atoms with Crippen molar-refractivity contribution in [2.24, 2.45) is 5.73 Å². The fourth-order valence-electron chi connectivity index (χ4n) is 0.902. The SMILES string of the molecule is CS(=O)(=O)N(CCCl)N(C(N)=O)S(C)(=O)=O. The minimum absolute atomic E-state index is 0.0370. The van der Waals surface area contributed by atoms with Gasteiger partial charge in [0.25, 0.3) is 10.0 Å². The van der Waals surface area contributed by atoms with Gasteiger partial charge in [0.1, 0.15) is 0 Å². The van der Waals surface area contributed by atoms with E-state index in [-0.39, 0.29) is 16.8 Å². The van der Waals surface area contributed by atoms with E-state index in [1.54, 1.807) is 0 Å². The summed E-state index contributed by atoms with van der Waals surface area (Å²) in [6.45, 7) is -0.379. The molecule has 11 heteroatoms. The lowest BCUT2D eigenvalue weighted by molar-refractivity contribution is 0.172. The maximum Gasteiger partial charge on any atom is 0.344 e. The molecule has 0 unspecified atom stereocenters. The van der Waals surface area contributed by atoms with E-state index >= 15 is 0 Å². The van der Waals surface area contributed by atoms with Gasteiger partial charge in [-0.1, -0.05) is 4.41 Å². The summed E-state index contributed by atoms with van der Waals surface area (Å²) in [5.74, 6) is -0.188. The number of carbonyl (C=O) groups is 1. The van der Waals surface area contributed by atoms with Crippen molar-refractivity contribution in [2.75, 3.05) is 24.9 Å². The maximum absolute atomic E-state index is 11.3. The molecule has 96 valence electrons. The van der Waals surface area contributed by atoms with Crippen molar-refractivity contribution in [3.63, 3.8) is 0 Å². The number of urea groups is 1. The third kappa shape index (κ3) is 4.12. The molecule has 0 spiro atoms. The van der Waals surface area contributed by atoms with Crippen LogP contribution in [-0.2, 0) is 20.0 Å². The predicted octanol–water partition coefficient (Wildman–Crippen LogP) is -1.26. The van der Waals surface area contributed by atoms with Gasteiger partial charge in [-0.2, -0.15) is 0 Å². The van der Waals surface area contributed by atoms with E-state index in [0.717, 1.165) is 6.26 Å². The fourth-order valence-corrected chi connectivity index (χ4v) is 3.40. The molecule has 0 aliphatic heterocycles. The third-order valence-electron chi connectivity index (χ3n) is 1.36. The van der Waals surface area contributed by atoms with Crippen LogP contribution in [0.2, 0.25) is 0 Å². The zero-order chi connectivity index (χ0) is 13.1. The number of rotatable bonds is 5. The smallest absolute Gasteiger partial charge is 0.344 e. The Bertz CT molecular complexity index is 458. The molecule has 0 radical (unpaired) electrons. The lowest BCUT2D eigenvalue weighted by atomic mass is 10.8. The molecule has 0 aliphatic carbocycles. The summed E-state index contributed by atoms with van der Waals surface area (Å²) in [6, 6.07) is -1.42. The van der Waals surface area contributed by atoms with Crippen LogP contribution in [-0.4, -0.2) is 56.6 Å². The first-order chi connectivity index (χ1) is 7.01. The molecule has 2 amide bonds. The molecule has 0 aromatic carbocycles. The molecule has 0 aromatic heterocycles. The number of halogens is 1. The highest BCUT2D eigenvalue weighted by Crippen LogP contribution is 2.09. The van der Waals surface area contributed by atoms with E-state index in [0.29, 0.717) is 10.7 Å². The van der Waals surface area contributed by atoms with Crippen molar-refractivity contribution in [3.05, 3.63) is 0 Å². The van der Waals surface area contributed by atoms with Crippen LogP contribution >= 0.6 is 11.6 Å². The number of nitrogens with zero attached hydrogens (tertiary/aromatic N) is 2. The Morgan fingerprint density at radius 1 is 1.19 bits per heavy atom. The number of alkyl halides is 1. The molecule has 0 bridgehead atoms. The third-order valence-corrected chi connectivity index (χ3v) is 3.75. The van der Waals surface area contributed by atoms with Gasteiger partial charge in [0.05, 0.1) is 12.5 Å². The fraction of sp³-hybridized carbons (Fsp3) is 0.800. The van der Waals surface area contributed by atoms with Crippen molar-refractivity contribution in [3.8, 4) is 0 Å². The van der Waals surface area contributed by atoms with Crippen molar-refractivity contribution < 1.29 is 21.6 Å². The van der Waals surface area contributed by atoms with Gasteiger partial charge in [0.15, 0.2) is 0 Å². The molecule has 16 heavy (non-hydrogen) atoms. The van der Waals surface area contributed by atoms with E-state index in [1.807, 2.05) is 0 Å². The molecule has 0 aliphatic rings. The minimum Gasteiger partial charge on any atom is -0.349 e. The van der Waals surface area contributed by atoms with Crippen LogP contribution in [0, 0.1) is 0 Å². The van der Waals surface area contributed by atoms with Crippen molar-refractivity contribution in [1.29, 1.82) is 0 Å². The number of hydrazine groups is 1. The number of amides is 2. The monoisotopic (exact) mass is 293 g/mol. The summed E-state index contributed by atoms with van der Waals surface area (Å²) in [5.41, 5.74) is 4.81. The van der Waals surface area contributed by atoms with Gasteiger partial charge in [-0.3, -0.25) is 0 Å². The molecule has 0 atom stereocenters. The van der Waals surface area contributed by atoms with E-state index in [4.69, 9.17) is 17.3 Å². The van der Waals surface area contributed by atoms with Crippen LogP contribution < -0.4 is 5.73 Å². The first-order valence-corrected chi connectivity index (χ1v) is 8.08. The van der Waals surface area contributed by atoms with Gasteiger partial charge < -0.3 is 5.73 Å². The summed E-state index contributed by atoms with van der Waals surface area (Å²) in [5, 5.41) is 0. The second-order valence-corrected chi connectivity index (χ2v) is 6.92. The van der Waals surface area contributed by atoms with Crippen LogP contribution in [0.4, 0.5) is 4.79 Å². The molecular formula is C5H12ClN3O5S2. The average Bonchev–Trinajstić information content (AvgIpc) is 1.98. The summed E-state index contributed by atoms with van der Waals surface area (Å²) in [7, 11) is -8.08. The van der Waals surface area contributed by atoms with Gasteiger partial charge in [-0.15, -0.1) is 16.0 Å². The summed E-state index contributed by atoms with van der Waals surface area (Å²) >= 11 is 5.32. The van der Waals surface area contributed by atoms with Crippen molar-refractivity contribution in [2.45, 2.75) is 0 Å². The molecule has 0 rings (SSSR count). The van der Waals surface area contributed by atoms with Crippen LogP contribution in [0.25, 0.3) is 0 Å². The summed E-state index contributed by atoms with van der Waals surface area (Å²) in [6.07, 6.45) is 1.39. The van der Waals surface area contributed by atoms with Crippen molar-refractivity contribution in [1.82, 2.24) is 8.83 Å². The number of carbonyl (C=O) groups excluding carboxylic acids is 1. The topological polar surface area (TPSA) is 118 Å². The summed E-state index contributed by atoms with van der Waals surface area (Å²) in [4.78, 5) is 10.9. The second kappa shape index (κ2) is 5.17. The number of nitrogens with two attached hydrogens (primary N) is 1. The first kappa shape index (κ1) is 15.4. The second-order valence-electron chi connectivity index (χ2n) is 2.84. The highest BCUT2D eigenvalue weighted by Gasteiger charge is 2.33. The van der Waals surface area contributed by atoms with E-state index < -0.39 is 26.1 Å². The molecule has 2 N–H and O–H groups in total. The Morgan fingerprint density at radius 2 is 1.62 bits per heavy atom. The summed E-state index contributed by atoms with van der Waals surface area (Å²) < 4.78 is 45.2. The Balaban J connectivity index is 5.56. The van der Waals surface area contributed by atoms with E-state index in [9.17, 15) is 21.6 Å². The lowest BCUT2D eigenvalue weighted by Crippen LogP contribution is -2.54. The number of sulfonamides is 2. The van der Waals surface area contributed by atoms with Gasteiger partial charge >= 0.3 is 6.03 Å². The van der Waals surface area contributed by atoms with Crippen LogP contribution in [0.3, 0.4) is 0 Å². The lowest BCUT2D eigenvalue weighted by Gasteiger charge is -2.28. The van der Waals surface area contributed by atoms with Crippen LogP contribution in [0.1, 0.15) is 0 Å². The molecule has 0 saturated heterocycles. The quantitative estimate of drug-likeness (QED) is 0.501. The Kier molecular flexibility index (Phi) is 4.98. The number of hydrogen-bond acceptors (Lipinski definition) is 5. The molecular weight excluding hydrogens is 282 g/mol. The van der Waals surface area contributed by atoms with Gasteiger partial charge in [-0.05, 0) is 0 Å². The molecule has 0 saturated carbocycles. The van der Waals surface area contributed by atoms with E-state index in [1.165, 1.54) is 0 Å². The zero-order valence-electron chi connectivity index (χ0n) is 8.62. The Morgan fingerprint density at radius 3 is 1.81 bits per heavy atom.